The van der Waals surface area contributed by atoms with Gasteiger partial charge >= 0.3 is 0 Å². The molecular weight excluding hydrogens is 231 g/mol. The first-order valence-electron chi connectivity index (χ1n) is 4.03. The number of hydrogen-bond donors (Lipinski definition) is 2. The predicted octanol–water partition coefficient (Wildman–Crippen LogP) is 2.61. The van der Waals surface area contributed by atoms with Crippen LogP contribution in [0.4, 0.5) is 13.2 Å². The number of phenols is 1. The van der Waals surface area contributed by atoms with Gasteiger partial charge in [0.1, 0.15) is 0 Å². The molecule has 0 saturated carbocycles. The Morgan fingerprint density at radius 2 is 1.93 bits per heavy atom. The van der Waals surface area contributed by atoms with Crippen molar-refractivity contribution in [2.45, 2.75) is 18.9 Å². The van der Waals surface area contributed by atoms with Crippen molar-refractivity contribution in [1.29, 1.82) is 0 Å². The first kappa shape index (κ1) is 14.1. The maximum Gasteiger partial charge on any atom is 0.240 e. The van der Waals surface area contributed by atoms with E-state index in [0.717, 1.165) is 6.07 Å². The molecule has 0 unspecified atom stereocenters. The molecule has 0 spiro atoms. The minimum atomic E-state index is -2.58. The Kier molecular flexibility index (Phi) is 5.46. The van der Waals surface area contributed by atoms with Crippen molar-refractivity contribution in [3.63, 3.8) is 0 Å². The Morgan fingerprint density at radius 1 is 1.33 bits per heavy atom. The summed E-state index contributed by atoms with van der Waals surface area (Å²) in [5.41, 5.74) is 5.36. The van der Waals surface area contributed by atoms with Crippen LogP contribution in [0.25, 0.3) is 0 Å². The minimum absolute atomic E-state index is 0. The standard InChI is InChI=1S/C9H10F3NO.ClH/c10-6-3-1-2-5(9(6)14)7(13)4-8(11)12;/h1-3,7-8,14H,4,13H2;1H/t7-;/m1./s1. The Labute approximate surface area is 91.3 Å². The van der Waals surface area contributed by atoms with Gasteiger partial charge in [0.15, 0.2) is 11.6 Å². The molecule has 86 valence electrons. The lowest BCUT2D eigenvalue weighted by Crippen LogP contribution is -2.14. The lowest BCUT2D eigenvalue weighted by atomic mass is 10.0. The molecule has 1 atom stereocenters. The summed E-state index contributed by atoms with van der Waals surface area (Å²) in [6.45, 7) is 0. The van der Waals surface area contributed by atoms with Gasteiger partial charge in [-0.1, -0.05) is 12.1 Å². The molecule has 0 saturated heterocycles. The molecule has 0 fully saturated rings. The van der Waals surface area contributed by atoms with E-state index in [-0.39, 0.29) is 18.0 Å². The molecule has 0 aromatic heterocycles. The van der Waals surface area contributed by atoms with Crippen LogP contribution in [0, 0.1) is 5.82 Å². The third-order valence-corrected chi connectivity index (χ3v) is 1.85. The Morgan fingerprint density at radius 3 is 2.47 bits per heavy atom. The number of alkyl halides is 2. The zero-order chi connectivity index (χ0) is 10.7. The number of halogens is 4. The molecule has 0 aliphatic carbocycles. The molecule has 0 bridgehead atoms. The van der Waals surface area contributed by atoms with E-state index >= 15 is 0 Å². The van der Waals surface area contributed by atoms with Gasteiger partial charge in [0, 0.05) is 18.0 Å². The SMILES string of the molecule is Cl.N[C@H](CC(F)F)c1cccc(F)c1O. The molecule has 0 heterocycles. The monoisotopic (exact) mass is 241 g/mol. The Hall–Kier alpha value is -0.940. The lowest BCUT2D eigenvalue weighted by molar-refractivity contribution is 0.128. The van der Waals surface area contributed by atoms with E-state index in [4.69, 9.17) is 5.73 Å². The third-order valence-electron chi connectivity index (χ3n) is 1.85. The van der Waals surface area contributed by atoms with Gasteiger partial charge in [-0.15, -0.1) is 12.4 Å². The number of para-hydroxylation sites is 1. The maximum atomic E-state index is 12.8. The Bertz CT molecular complexity index is 322. The van der Waals surface area contributed by atoms with Crippen molar-refractivity contribution in [3.05, 3.63) is 29.6 Å². The topological polar surface area (TPSA) is 46.2 Å². The summed E-state index contributed by atoms with van der Waals surface area (Å²) in [5, 5.41) is 9.18. The van der Waals surface area contributed by atoms with Gasteiger partial charge in [0.05, 0.1) is 0 Å². The molecule has 3 N–H and O–H groups in total. The smallest absolute Gasteiger partial charge is 0.240 e. The van der Waals surface area contributed by atoms with E-state index in [0.29, 0.717) is 0 Å². The minimum Gasteiger partial charge on any atom is -0.505 e. The van der Waals surface area contributed by atoms with Crippen molar-refractivity contribution < 1.29 is 18.3 Å². The van der Waals surface area contributed by atoms with Crippen LogP contribution in [0.1, 0.15) is 18.0 Å². The number of phenolic OH excluding ortho intramolecular Hbond substituents is 1. The van der Waals surface area contributed by atoms with Crippen LogP contribution in [0.2, 0.25) is 0 Å². The van der Waals surface area contributed by atoms with Crippen molar-refractivity contribution in [2.75, 3.05) is 0 Å². The van der Waals surface area contributed by atoms with Crippen LogP contribution in [0.3, 0.4) is 0 Å². The number of benzene rings is 1. The van der Waals surface area contributed by atoms with Gasteiger partial charge in [-0.2, -0.15) is 0 Å². The number of rotatable bonds is 3. The second kappa shape index (κ2) is 5.82. The zero-order valence-electron chi connectivity index (χ0n) is 7.66. The fraction of sp³-hybridized carbons (Fsp3) is 0.333. The quantitative estimate of drug-likeness (QED) is 0.855. The van der Waals surface area contributed by atoms with Crippen molar-refractivity contribution >= 4 is 12.4 Å². The first-order valence-corrected chi connectivity index (χ1v) is 4.03. The van der Waals surface area contributed by atoms with Crippen LogP contribution in [-0.2, 0) is 0 Å². The van der Waals surface area contributed by atoms with Gasteiger partial charge in [-0.25, -0.2) is 13.2 Å². The summed E-state index contributed by atoms with van der Waals surface area (Å²) < 4.78 is 36.7. The molecule has 1 aromatic rings. The highest BCUT2D eigenvalue weighted by Gasteiger charge is 2.17. The largest absolute Gasteiger partial charge is 0.505 e. The average Bonchev–Trinajstić information content (AvgIpc) is 2.08. The molecule has 0 aliphatic heterocycles. The second-order valence-corrected chi connectivity index (χ2v) is 2.91. The fourth-order valence-electron chi connectivity index (χ4n) is 1.15. The van der Waals surface area contributed by atoms with Gasteiger partial charge in [-0.05, 0) is 6.07 Å². The van der Waals surface area contributed by atoms with Gasteiger partial charge < -0.3 is 10.8 Å². The van der Waals surface area contributed by atoms with Crippen molar-refractivity contribution in [3.8, 4) is 5.75 Å². The van der Waals surface area contributed by atoms with Crippen LogP contribution >= 0.6 is 12.4 Å². The molecule has 0 aliphatic rings. The van der Waals surface area contributed by atoms with E-state index in [1.165, 1.54) is 12.1 Å². The summed E-state index contributed by atoms with van der Waals surface area (Å²) in [6, 6.07) is 2.63. The van der Waals surface area contributed by atoms with E-state index in [1.807, 2.05) is 0 Å². The van der Waals surface area contributed by atoms with Crippen molar-refractivity contribution in [1.82, 2.24) is 0 Å². The summed E-state index contributed by atoms with van der Waals surface area (Å²) in [7, 11) is 0. The van der Waals surface area contributed by atoms with E-state index in [2.05, 4.69) is 0 Å². The van der Waals surface area contributed by atoms with Crippen LogP contribution in [0.15, 0.2) is 18.2 Å². The van der Waals surface area contributed by atoms with Crippen LogP contribution in [-0.4, -0.2) is 11.5 Å². The highest BCUT2D eigenvalue weighted by atomic mass is 35.5. The molecule has 0 amide bonds. The van der Waals surface area contributed by atoms with E-state index < -0.39 is 30.5 Å². The molecule has 1 rings (SSSR count). The molecule has 6 heteroatoms. The molecule has 15 heavy (non-hydrogen) atoms. The third kappa shape index (κ3) is 3.60. The lowest BCUT2D eigenvalue weighted by Gasteiger charge is -2.12. The van der Waals surface area contributed by atoms with E-state index in [1.54, 1.807) is 0 Å². The zero-order valence-corrected chi connectivity index (χ0v) is 8.48. The number of aromatic hydroxyl groups is 1. The molecule has 2 nitrogen and oxygen atoms in total. The highest BCUT2D eigenvalue weighted by Crippen LogP contribution is 2.28. The fourth-order valence-corrected chi connectivity index (χ4v) is 1.15. The average molecular weight is 242 g/mol. The molecule has 0 radical (unpaired) electrons. The molecular formula is C9H11ClF3NO. The van der Waals surface area contributed by atoms with E-state index in [9.17, 15) is 18.3 Å². The highest BCUT2D eigenvalue weighted by molar-refractivity contribution is 5.85. The maximum absolute atomic E-state index is 12.8. The second-order valence-electron chi connectivity index (χ2n) is 2.91. The summed E-state index contributed by atoms with van der Waals surface area (Å²) in [6.07, 6.45) is -3.18. The Balaban J connectivity index is 0.00000196. The van der Waals surface area contributed by atoms with Gasteiger partial charge in [-0.3, -0.25) is 0 Å². The normalized spacial score (nSPS) is 12.3. The number of nitrogens with two attached hydrogens (primary N) is 1. The van der Waals surface area contributed by atoms with Gasteiger partial charge in [0.2, 0.25) is 6.43 Å². The first-order chi connectivity index (χ1) is 6.52. The predicted molar refractivity (Wildman–Crippen MR) is 52.9 cm³/mol. The van der Waals surface area contributed by atoms with Crippen LogP contribution < -0.4 is 5.73 Å². The summed E-state index contributed by atoms with van der Waals surface area (Å²) >= 11 is 0. The van der Waals surface area contributed by atoms with Crippen LogP contribution in [0.5, 0.6) is 5.75 Å². The molecule has 1 aromatic carbocycles. The van der Waals surface area contributed by atoms with Crippen molar-refractivity contribution in [2.24, 2.45) is 5.73 Å². The van der Waals surface area contributed by atoms with Gasteiger partial charge in [0.25, 0.3) is 0 Å². The summed E-state index contributed by atoms with van der Waals surface area (Å²) in [5.74, 6) is -1.51. The number of hydrogen-bond acceptors (Lipinski definition) is 2. The summed E-state index contributed by atoms with van der Waals surface area (Å²) in [4.78, 5) is 0.